The van der Waals surface area contributed by atoms with Crippen LogP contribution in [0.5, 0.6) is 0 Å². The van der Waals surface area contributed by atoms with Gasteiger partial charge in [0.15, 0.2) is 0 Å². The van der Waals surface area contributed by atoms with Crippen molar-refractivity contribution in [1.82, 2.24) is 0 Å². The number of amides is 1. The number of carbonyl (C=O) groups is 1. The lowest BCUT2D eigenvalue weighted by atomic mass is 10.2. The highest BCUT2D eigenvalue weighted by atomic mass is 79.9. The Balaban J connectivity index is 2.20. The van der Waals surface area contributed by atoms with Crippen molar-refractivity contribution in [2.75, 3.05) is 11.1 Å². The van der Waals surface area contributed by atoms with E-state index in [1.54, 1.807) is 36.4 Å². The van der Waals surface area contributed by atoms with E-state index in [0.29, 0.717) is 22.0 Å². The number of benzene rings is 2. The molecule has 0 atom stereocenters. The first kappa shape index (κ1) is 14.4. The molecule has 0 saturated heterocycles. The Kier molecular flexibility index (Phi) is 4.50. The summed E-state index contributed by atoms with van der Waals surface area (Å²) in [6.45, 7) is 0. The van der Waals surface area contributed by atoms with Crippen LogP contribution < -0.4 is 11.1 Å². The fourth-order valence-corrected chi connectivity index (χ4v) is 2.14. The zero-order chi connectivity index (χ0) is 14.0. The molecular formula is C13H9Br2ClN2O. The second-order valence-corrected chi connectivity index (χ2v) is 5.94. The van der Waals surface area contributed by atoms with Crippen LogP contribution in [0, 0.1) is 0 Å². The maximum absolute atomic E-state index is 12.0. The van der Waals surface area contributed by atoms with Gasteiger partial charge in [0.25, 0.3) is 5.91 Å². The number of hydrogen-bond donors (Lipinski definition) is 2. The summed E-state index contributed by atoms with van der Waals surface area (Å²) >= 11 is 12.5. The number of hydrogen-bond acceptors (Lipinski definition) is 2. The van der Waals surface area contributed by atoms with Gasteiger partial charge in [0.1, 0.15) is 0 Å². The van der Waals surface area contributed by atoms with E-state index in [2.05, 4.69) is 37.2 Å². The van der Waals surface area contributed by atoms with Crippen LogP contribution in [0.1, 0.15) is 10.4 Å². The fraction of sp³-hybridized carbons (Fsp3) is 0. The predicted molar refractivity (Wildman–Crippen MR) is 85.7 cm³/mol. The largest absolute Gasteiger partial charge is 0.398 e. The number of nitrogens with one attached hydrogen (secondary N) is 1. The van der Waals surface area contributed by atoms with E-state index in [1.165, 1.54) is 0 Å². The number of carbonyl (C=O) groups excluding carboxylic acids is 1. The molecule has 0 aliphatic heterocycles. The van der Waals surface area contributed by atoms with Crippen molar-refractivity contribution in [2.24, 2.45) is 0 Å². The molecule has 1 amide bonds. The monoisotopic (exact) mass is 402 g/mol. The van der Waals surface area contributed by atoms with E-state index in [0.717, 1.165) is 8.95 Å². The SMILES string of the molecule is Nc1cc(NC(=O)c2ccc(Br)c(Cl)c2)ccc1Br. The number of anilines is 2. The highest BCUT2D eigenvalue weighted by molar-refractivity contribution is 9.11. The molecule has 19 heavy (non-hydrogen) atoms. The number of nitrogen functional groups attached to an aromatic ring is 1. The highest BCUT2D eigenvalue weighted by Crippen LogP contribution is 2.25. The molecule has 2 aromatic carbocycles. The molecule has 98 valence electrons. The third-order valence-electron chi connectivity index (χ3n) is 2.44. The van der Waals surface area contributed by atoms with E-state index in [-0.39, 0.29) is 5.91 Å². The number of halogens is 3. The van der Waals surface area contributed by atoms with Crippen LogP contribution in [-0.4, -0.2) is 5.91 Å². The minimum Gasteiger partial charge on any atom is -0.398 e. The molecule has 0 fully saturated rings. The van der Waals surface area contributed by atoms with Gasteiger partial charge in [-0.2, -0.15) is 0 Å². The maximum atomic E-state index is 12.0. The van der Waals surface area contributed by atoms with Gasteiger partial charge in [-0.1, -0.05) is 11.6 Å². The maximum Gasteiger partial charge on any atom is 0.255 e. The Labute approximate surface area is 132 Å². The molecule has 0 bridgehead atoms. The zero-order valence-electron chi connectivity index (χ0n) is 9.58. The molecule has 0 aliphatic rings. The van der Waals surface area contributed by atoms with Gasteiger partial charge >= 0.3 is 0 Å². The average Bonchev–Trinajstić information content (AvgIpc) is 2.37. The molecule has 0 heterocycles. The summed E-state index contributed by atoms with van der Waals surface area (Å²) in [4.78, 5) is 12.0. The Hall–Kier alpha value is -1.04. The Morgan fingerprint density at radius 3 is 2.42 bits per heavy atom. The van der Waals surface area contributed by atoms with Crippen molar-refractivity contribution in [3.8, 4) is 0 Å². The first-order chi connectivity index (χ1) is 8.97. The molecule has 2 aromatic rings. The van der Waals surface area contributed by atoms with Crippen LogP contribution in [-0.2, 0) is 0 Å². The quantitative estimate of drug-likeness (QED) is 0.713. The fourth-order valence-electron chi connectivity index (χ4n) is 1.46. The molecule has 0 unspecified atom stereocenters. The van der Waals surface area contributed by atoms with E-state index < -0.39 is 0 Å². The normalized spacial score (nSPS) is 10.3. The number of rotatable bonds is 2. The van der Waals surface area contributed by atoms with Gasteiger partial charge in [0.05, 0.1) is 5.02 Å². The van der Waals surface area contributed by atoms with Gasteiger partial charge in [-0.15, -0.1) is 0 Å². The smallest absolute Gasteiger partial charge is 0.255 e. The van der Waals surface area contributed by atoms with Gasteiger partial charge in [-0.05, 0) is 68.3 Å². The Bertz CT molecular complexity index is 647. The Morgan fingerprint density at radius 1 is 1.11 bits per heavy atom. The lowest BCUT2D eigenvalue weighted by Gasteiger charge is -2.07. The van der Waals surface area contributed by atoms with E-state index in [1.807, 2.05) is 0 Å². The van der Waals surface area contributed by atoms with Crippen molar-refractivity contribution in [1.29, 1.82) is 0 Å². The van der Waals surface area contributed by atoms with Gasteiger partial charge in [-0.25, -0.2) is 0 Å². The van der Waals surface area contributed by atoms with Crippen molar-refractivity contribution in [3.05, 3.63) is 55.9 Å². The third kappa shape index (κ3) is 3.49. The van der Waals surface area contributed by atoms with Crippen molar-refractivity contribution < 1.29 is 4.79 Å². The molecule has 6 heteroatoms. The summed E-state index contributed by atoms with van der Waals surface area (Å²) in [6.07, 6.45) is 0. The summed E-state index contributed by atoms with van der Waals surface area (Å²) in [7, 11) is 0. The van der Waals surface area contributed by atoms with Gasteiger partial charge in [0.2, 0.25) is 0 Å². The Morgan fingerprint density at radius 2 is 1.79 bits per heavy atom. The summed E-state index contributed by atoms with van der Waals surface area (Å²) in [6, 6.07) is 10.2. The molecule has 0 spiro atoms. The summed E-state index contributed by atoms with van der Waals surface area (Å²) in [5.41, 5.74) is 7.43. The van der Waals surface area contributed by atoms with Crippen LogP contribution in [0.4, 0.5) is 11.4 Å². The summed E-state index contributed by atoms with van der Waals surface area (Å²) in [5.74, 6) is -0.240. The lowest BCUT2D eigenvalue weighted by Crippen LogP contribution is -2.12. The predicted octanol–water partition coefficient (Wildman–Crippen LogP) is 4.70. The molecule has 0 radical (unpaired) electrons. The third-order valence-corrected chi connectivity index (χ3v) is 4.39. The van der Waals surface area contributed by atoms with E-state index in [9.17, 15) is 4.79 Å². The van der Waals surface area contributed by atoms with Gasteiger partial charge in [0, 0.05) is 25.9 Å². The highest BCUT2D eigenvalue weighted by Gasteiger charge is 2.09. The van der Waals surface area contributed by atoms with E-state index >= 15 is 0 Å². The number of nitrogens with two attached hydrogens (primary N) is 1. The standard InChI is InChI=1S/C13H9Br2ClN2O/c14-9-3-1-7(5-11(9)16)13(19)18-8-2-4-10(15)12(17)6-8/h1-6H,17H2,(H,18,19). The van der Waals surface area contributed by atoms with Gasteiger partial charge < -0.3 is 11.1 Å². The molecule has 0 saturated carbocycles. The summed E-state index contributed by atoms with van der Waals surface area (Å²) < 4.78 is 1.54. The second kappa shape index (κ2) is 5.94. The average molecular weight is 404 g/mol. The minimum atomic E-state index is -0.240. The second-order valence-electron chi connectivity index (χ2n) is 3.82. The molecule has 2 rings (SSSR count). The van der Waals surface area contributed by atoms with Crippen LogP contribution in [0.3, 0.4) is 0 Å². The lowest BCUT2D eigenvalue weighted by molar-refractivity contribution is 0.102. The van der Waals surface area contributed by atoms with Crippen LogP contribution >= 0.6 is 43.5 Å². The first-order valence-electron chi connectivity index (χ1n) is 5.29. The zero-order valence-corrected chi connectivity index (χ0v) is 13.5. The van der Waals surface area contributed by atoms with Crippen LogP contribution in [0.25, 0.3) is 0 Å². The molecule has 0 aromatic heterocycles. The van der Waals surface area contributed by atoms with Gasteiger partial charge in [-0.3, -0.25) is 4.79 Å². The molecular weight excluding hydrogens is 395 g/mol. The van der Waals surface area contributed by atoms with Crippen molar-refractivity contribution >= 4 is 60.7 Å². The molecule has 3 N–H and O–H groups in total. The van der Waals surface area contributed by atoms with Crippen LogP contribution in [0.2, 0.25) is 5.02 Å². The topological polar surface area (TPSA) is 55.1 Å². The first-order valence-corrected chi connectivity index (χ1v) is 7.25. The van der Waals surface area contributed by atoms with Crippen molar-refractivity contribution in [3.63, 3.8) is 0 Å². The minimum absolute atomic E-state index is 0.240. The van der Waals surface area contributed by atoms with Crippen molar-refractivity contribution in [2.45, 2.75) is 0 Å². The summed E-state index contributed by atoms with van der Waals surface area (Å²) in [5, 5.41) is 3.25. The van der Waals surface area contributed by atoms with E-state index in [4.69, 9.17) is 17.3 Å². The molecule has 3 nitrogen and oxygen atoms in total. The van der Waals surface area contributed by atoms with Crippen LogP contribution in [0.15, 0.2) is 45.3 Å². The molecule has 0 aliphatic carbocycles.